The molecule has 1 fully saturated rings. The highest BCUT2D eigenvalue weighted by Crippen LogP contribution is 2.38. The summed E-state index contributed by atoms with van der Waals surface area (Å²) < 4.78 is 47.3. The van der Waals surface area contributed by atoms with Crippen LogP contribution in [-0.4, -0.2) is 32.7 Å². The molecule has 1 aromatic carbocycles. The Morgan fingerprint density at radius 1 is 1.44 bits per heavy atom. The summed E-state index contributed by atoms with van der Waals surface area (Å²) in [6, 6.07) is 2.64. The van der Waals surface area contributed by atoms with Gasteiger partial charge >= 0.3 is 6.18 Å². The average Bonchev–Trinajstić information content (AvgIpc) is 3.22. The third-order valence-corrected chi connectivity index (χ3v) is 4.09. The van der Waals surface area contributed by atoms with Gasteiger partial charge in [0, 0.05) is 23.9 Å². The van der Waals surface area contributed by atoms with Gasteiger partial charge in [-0.1, -0.05) is 5.16 Å². The molecule has 7 nitrogen and oxygen atoms in total. The van der Waals surface area contributed by atoms with E-state index in [1.165, 1.54) is 6.07 Å². The van der Waals surface area contributed by atoms with E-state index in [2.05, 4.69) is 14.7 Å². The third kappa shape index (κ3) is 3.34. The maximum atomic E-state index is 12.9. The SMILES string of the molecule is NC(=NCl)N1CCC[C@H]1c1nc(-c2ccc(O)c(C(F)(F)F)c2)no1. The molecule has 1 aliphatic heterocycles. The molecule has 1 aromatic heterocycles. The minimum absolute atomic E-state index is 0.0197. The van der Waals surface area contributed by atoms with Crippen molar-refractivity contribution in [2.45, 2.75) is 25.1 Å². The van der Waals surface area contributed by atoms with Gasteiger partial charge in [0.2, 0.25) is 17.7 Å². The lowest BCUT2D eigenvalue weighted by atomic mass is 10.1. The number of phenolic OH excluding ortho intramolecular Hbond substituents is 1. The van der Waals surface area contributed by atoms with Crippen LogP contribution in [0.3, 0.4) is 0 Å². The number of halogens is 4. The number of nitrogens with zero attached hydrogens (tertiary/aromatic N) is 4. The fourth-order valence-corrected chi connectivity index (χ4v) is 2.83. The number of aromatic nitrogens is 2. The molecule has 0 radical (unpaired) electrons. The Balaban J connectivity index is 1.92. The van der Waals surface area contributed by atoms with Gasteiger partial charge < -0.3 is 20.3 Å². The molecule has 0 amide bonds. The molecule has 0 unspecified atom stereocenters. The molecular formula is C14H13ClF3N5O2. The van der Waals surface area contributed by atoms with Gasteiger partial charge in [-0.05, 0) is 31.0 Å². The molecule has 0 spiro atoms. The molecule has 1 saturated heterocycles. The second-order valence-electron chi connectivity index (χ2n) is 5.48. The van der Waals surface area contributed by atoms with Crippen molar-refractivity contribution < 1.29 is 22.8 Å². The number of hydrogen-bond acceptors (Lipinski definition) is 5. The van der Waals surface area contributed by atoms with Gasteiger partial charge in [0.15, 0.2) is 0 Å². The molecule has 0 bridgehead atoms. The normalized spacial score (nSPS) is 18.8. The second kappa shape index (κ2) is 6.43. The Morgan fingerprint density at radius 3 is 2.88 bits per heavy atom. The van der Waals surface area contributed by atoms with Crippen LogP contribution in [-0.2, 0) is 6.18 Å². The summed E-state index contributed by atoms with van der Waals surface area (Å²) in [5, 5.41) is 13.1. The topological polar surface area (TPSA) is 101 Å². The average molecular weight is 376 g/mol. The molecular weight excluding hydrogens is 363 g/mol. The van der Waals surface area contributed by atoms with Crippen molar-refractivity contribution in [3.05, 3.63) is 29.7 Å². The molecule has 3 rings (SSSR count). The maximum absolute atomic E-state index is 12.9. The standard InChI is InChI=1S/C14H13ClF3N5O2/c15-21-13(19)23-5-1-2-9(23)12-20-11(22-25-12)7-3-4-10(24)8(6-7)14(16,17)18/h3-4,6,9,24H,1-2,5H2,(H2,19,21)/t9-/m0/s1. The highest BCUT2D eigenvalue weighted by atomic mass is 35.5. The summed E-state index contributed by atoms with van der Waals surface area (Å²) in [5.74, 6) is -0.577. The van der Waals surface area contributed by atoms with Crippen molar-refractivity contribution >= 4 is 17.7 Å². The van der Waals surface area contributed by atoms with Crippen LogP contribution < -0.4 is 5.73 Å². The molecule has 25 heavy (non-hydrogen) atoms. The van der Waals surface area contributed by atoms with Gasteiger partial charge in [-0.15, -0.1) is 4.51 Å². The first-order valence-corrected chi connectivity index (χ1v) is 7.60. The van der Waals surface area contributed by atoms with Gasteiger partial charge in [0.1, 0.15) is 11.8 Å². The van der Waals surface area contributed by atoms with E-state index in [9.17, 15) is 18.3 Å². The number of nitrogens with two attached hydrogens (primary N) is 1. The van der Waals surface area contributed by atoms with Crippen LogP contribution in [0, 0.1) is 0 Å². The minimum atomic E-state index is -4.69. The van der Waals surface area contributed by atoms with Gasteiger partial charge in [0.25, 0.3) is 0 Å². The van der Waals surface area contributed by atoms with Crippen LogP contribution in [0.4, 0.5) is 13.2 Å². The summed E-state index contributed by atoms with van der Waals surface area (Å²) in [4.78, 5) is 5.84. The van der Waals surface area contributed by atoms with E-state index >= 15 is 0 Å². The first kappa shape index (κ1) is 17.3. The molecule has 0 saturated carbocycles. The number of phenols is 1. The number of guanidine groups is 1. The summed E-state index contributed by atoms with van der Waals surface area (Å²) >= 11 is 5.39. The molecule has 134 valence electrons. The molecule has 1 atom stereocenters. The summed E-state index contributed by atoms with van der Waals surface area (Å²) in [6.45, 7) is 0.599. The first-order chi connectivity index (χ1) is 11.8. The minimum Gasteiger partial charge on any atom is -0.507 e. The molecule has 3 N–H and O–H groups in total. The van der Waals surface area contributed by atoms with E-state index in [0.29, 0.717) is 13.0 Å². The second-order valence-corrected chi connectivity index (χ2v) is 5.65. The number of likely N-dealkylation sites (tertiary alicyclic amines) is 1. The van der Waals surface area contributed by atoms with Gasteiger partial charge in [-0.25, -0.2) is 0 Å². The van der Waals surface area contributed by atoms with Crippen molar-refractivity contribution in [3.63, 3.8) is 0 Å². The molecule has 11 heteroatoms. The van der Waals surface area contributed by atoms with E-state index < -0.39 is 17.5 Å². The number of benzene rings is 1. The first-order valence-electron chi connectivity index (χ1n) is 7.26. The van der Waals surface area contributed by atoms with E-state index in [0.717, 1.165) is 18.6 Å². The Hall–Kier alpha value is -2.49. The van der Waals surface area contributed by atoms with Gasteiger partial charge in [-0.2, -0.15) is 18.2 Å². The van der Waals surface area contributed by atoms with Crippen molar-refractivity contribution in [2.75, 3.05) is 6.54 Å². The van der Waals surface area contributed by atoms with Crippen LogP contribution in [0.1, 0.15) is 30.3 Å². The highest BCUT2D eigenvalue weighted by Gasteiger charge is 2.35. The van der Waals surface area contributed by atoms with Crippen LogP contribution in [0.2, 0.25) is 0 Å². The predicted molar refractivity (Wildman–Crippen MR) is 82.6 cm³/mol. The maximum Gasteiger partial charge on any atom is 0.419 e. The fraction of sp³-hybridized carbons (Fsp3) is 0.357. The lowest BCUT2D eigenvalue weighted by Gasteiger charge is -2.21. The van der Waals surface area contributed by atoms with Gasteiger partial charge in [0.05, 0.1) is 5.56 Å². The fourth-order valence-electron chi connectivity index (χ4n) is 2.74. The zero-order valence-corrected chi connectivity index (χ0v) is 13.4. The summed E-state index contributed by atoms with van der Waals surface area (Å²) in [5.41, 5.74) is 4.61. The van der Waals surface area contributed by atoms with E-state index in [1.54, 1.807) is 4.90 Å². The van der Waals surface area contributed by atoms with Crippen LogP contribution in [0.15, 0.2) is 27.2 Å². The number of rotatable bonds is 2. The third-order valence-electron chi connectivity index (χ3n) is 3.92. The van der Waals surface area contributed by atoms with Crippen LogP contribution in [0.5, 0.6) is 5.75 Å². The zero-order valence-electron chi connectivity index (χ0n) is 12.7. The monoisotopic (exact) mass is 375 g/mol. The van der Waals surface area contributed by atoms with Crippen molar-refractivity contribution in [2.24, 2.45) is 10.2 Å². The summed E-state index contributed by atoms with van der Waals surface area (Å²) in [7, 11) is 0. The lowest BCUT2D eigenvalue weighted by Crippen LogP contribution is -2.36. The van der Waals surface area contributed by atoms with Gasteiger partial charge in [-0.3, -0.25) is 0 Å². The number of alkyl halides is 3. The highest BCUT2D eigenvalue weighted by molar-refractivity contribution is 6.19. The van der Waals surface area contributed by atoms with Crippen molar-refractivity contribution in [1.29, 1.82) is 0 Å². The number of aromatic hydroxyl groups is 1. The Morgan fingerprint density at radius 2 is 2.20 bits per heavy atom. The van der Waals surface area contributed by atoms with Crippen LogP contribution in [0.25, 0.3) is 11.4 Å². The van der Waals surface area contributed by atoms with Crippen molar-refractivity contribution in [3.8, 4) is 17.1 Å². The molecule has 1 aliphatic rings. The Bertz CT molecular complexity index is 808. The molecule has 0 aliphatic carbocycles. The Kier molecular flexibility index (Phi) is 4.46. The lowest BCUT2D eigenvalue weighted by molar-refractivity contribution is -0.138. The van der Waals surface area contributed by atoms with E-state index in [4.69, 9.17) is 22.0 Å². The molecule has 2 heterocycles. The zero-order chi connectivity index (χ0) is 18.2. The quantitative estimate of drug-likeness (QED) is 0.618. The smallest absolute Gasteiger partial charge is 0.419 e. The van der Waals surface area contributed by atoms with Crippen molar-refractivity contribution in [1.82, 2.24) is 15.0 Å². The number of hydrogen-bond donors (Lipinski definition) is 2. The summed E-state index contributed by atoms with van der Waals surface area (Å²) in [6.07, 6.45) is -3.23. The van der Waals surface area contributed by atoms with E-state index in [1.807, 2.05) is 0 Å². The van der Waals surface area contributed by atoms with Crippen LogP contribution >= 0.6 is 11.8 Å². The largest absolute Gasteiger partial charge is 0.507 e. The Labute approximate surface area is 145 Å². The molecule has 2 aromatic rings. The van der Waals surface area contributed by atoms with E-state index in [-0.39, 0.29) is 29.3 Å². The predicted octanol–water partition coefficient (Wildman–Crippen LogP) is 3.07.